The summed E-state index contributed by atoms with van der Waals surface area (Å²) in [5.74, 6) is 1.77. The molecule has 0 aromatic heterocycles. The van der Waals surface area contributed by atoms with Crippen molar-refractivity contribution in [3.8, 4) is 5.75 Å². The van der Waals surface area contributed by atoms with Crippen LogP contribution in [0, 0.1) is 5.92 Å². The maximum absolute atomic E-state index is 5.97. The number of benzene rings is 1. The summed E-state index contributed by atoms with van der Waals surface area (Å²) in [6.07, 6.45) is 5.12. The molecule has 2 fully saturated rings. The molecule has 0 atom stereocenters. The van der Waals surface area contributed by atoms with Gasteiger partial charge in [0.2, 0.25) is 0 Å². The molecule has 2 aliphatic rings. The van der Waals surface area contributed by atoms with Gasteiger partial charge in [-0.25, -0.2) is 0 Å². The quantitative estimate of drug-likeness (QED) is 0.657. The van der Waals surface area contributed by atoms with Gasteiger partial charge in [-0.1, -0.05) is 17.7 Å². The summed E-state index contributed by atoms with van der Waals surface area (Å²) in [4.78, 5) is 5.15. The molecule has 1 aromatic carbocycles. The van der Waals surface area contributed by atoms with E-state index in [4.69, 9.17) is 21.1 Å². The summed E-state index contributed by atoms with van der Waals surface area (Å²) in [7, 11) is 0. The van der Waals surface area contributed by atoms with E-state index in [0.717, 1.165) is 62.6 Å². The van der Waals surface area contributed by atoms with Crippen molar-refractivity contribution < 1.29 is 9.47 Å². The van der Waals surface area contributed by atoms with E-state index in [0.29, 0.717) is 0 Å². The zero-order valence-corrected chi connectivity index (χ0v) is 15.9. The van der Waals surface area contributed by atoms with E-state index in [2.05, 4.69) is 9.80 Å². The van der Waals surface area contributed by atoms with Crippen molar-refractivity contribution in [3.63, 3.8) is 0 Å². The Labute approximate surface area is 157 Å². The Hall–Kier alpha value is -0.810. The molecule has 4 nitrogen and oxygen atoms in total. The van der Waals surface area contributed by atoms with Crippen LogP contribution in [0.5, 0.6) is 5.75 Å². The number of halogens is 1. The summed E-state index contributed by atoms with van der Waals surface area (Å²) in [5, 5.41) is 0.733. The Morgan fingerprint density at radius 2 is 1.80 bits per heavy atom. The van der Waals surface area contributed by atoms with Crippen LogP contribution in [0.2, 0.25) is 5.02 Å². The van der Waals surface area contributed by atoms with E-state index >= 15 is 0 Å². The SMILES string of the molecule is Clc1cccc(OCCCN2CCC(CCN3CCOCC3)CC2)c1. The minimum Gasteiger partial charge on any atom is -0.493 e. The molecular formula is C20H31ClN2O2. The summed E-state index contributed by atoms with van der Waals surface area (Å²) in [6, 6.07) is 7.64. The van der Waals surface area contributed by atoms with Crippen LogP contribution in [-0.2, 0) is 4.74 Å². The van der Waals surface area contributed by atoms with Crippen molar-refractivity contribution in [2.45, 2.75) is 25.7 Å². The largest absolute Gasteiger partial charge is 0.493 e. The van der Waals surface area contributed by atoms with E-state index in [1.54, 1.807) is 0 Å². The Bertz CT molecular complexity index is 500. The molecule has 0 saturated carbocycles. The van der Waals surface area contributed by atoms with Gasteiger partial charge in [-0.2, -0.15) is 0 Å². The fourth-order valence-corrected chi connectivity index (χ4v) is 3.90. The second kappa shape index (κ2) is 10.4. The fourth-order valence-electron chi connectivity index (χ4n) is 3.72. The number of morpholine rings is 1. The van der Waals surface area contributed by atoms with E-state index in [9.17, 15) is 0 Å². The predicted octanol–water partition coefficient (Wildman–Crippen LogP) is 3.54. The maximum atomic E-state index is 5.97. The van der Waals surface area contributed by atoms with Gasteiger partial charge in [0.1, 0.15) is 5.75 Å². The minimum absolute atomic E-state index is 0.733. The standard InChI is InChI=1S/C20H31ClN2O2/c21-19-3-1-4-20(17-19)25-14-2-8-22-9-5-18(6-10-22)7-11-23-12-15-24-16-13-23/h1,3-4,17-18H,2,5-16H2. The number of hydrogen-bond donors (Lipinski definition) is 0. The third kappa shape index (κ3) is 6.78. The van der Waals surface area contributed by atoms with Crippen molar-refractivity contribution in [1.29, 1.82) is 0 Å². The monoisotopic (exact) mass is 366 g/mol. The molecule has 0 aliphatic carbocycles. The molecule has 0 N–H and O–H groups in total. The third-order valence-corrected chi connectivity index (χ3v) is 5.58. The molecule has 2 saturated heterocycles. The van der Waals surface area contributed by atoms with Crippen LogP contribution >= 0.6 is 11.6 Å². The molecule has 1 aromatic rings. The lowest BCUT2D eigenvalue weighted by molar-refractivity contribution is 0.0335. The zero-order valence-electron chi connectivity index (χ0n) is 15.2. The van der Waals surface area contributed by atoms with Gasteiger partial charge in [-0.05, 0) is 69.4 Å². The molecule has 0 unspecified atom stereocenters. The highest BCUT2D eigenvalue weighted by atomic mass is 35.5. The van der Waals surface area contributed by atoms with Crippen LogP contribution in [-0.4, -0.2) is 68.9 Å². The van der Waals surface area contributed by atoms with Crippen LogP contribution in [0.15, 0.2) is 24.3 Å². The molecular weight excluding hydrogens is 336 g/mol. The number of likely N-dealkylation sites (tertiary alicyclic amines) is 1. The molecule has 2 aliphatic heterocycles. The van der Waals surface area contributed by atoms with Crippen molar-refractivity contribution in [1.82, 2.24) is 9.80 Å². The summed E-state index contributed by atoms with van der Waals surface area (Å²) < 4.78 is 11.2. The average molecular weight is 367 g/mol. The van der Waals surface area contributed by atoms with E-state index in [1.807, 2.05) is 24.3 Å². The first-order valence-electron chi connectivity index (χ1n) is 9.70. The highest BCUT2D eigenvalue weighted by Crippen LogP contribution is 2.21. The average Bonchev–Trinajstić information content (AvgIpc) is 2.65. The second-order valence-electron chi connectivity index (χ2n) is 7.19. The van der Waals surface area contributed by atoms with Gasteiger partial charge in [0.05, 0.1) is 19.8 Å². The predicted molar refractivity (Wildman–Crippen MR) is 103 cm³/mol. The van der Waals surface area contributed by atoms with Gasteiger partial charge in [0.15, 0.2) is 0 Å². The lowest BCUT2D eigenvalue weighted by Gasteiger charge is -2.34. The number of piperidine rings is 1. The van der Waals surface area contributed by atoms with Gasteiger partial charge in [-0.3, -0.25) is 4.90 Å². The Balaban J connectivity index is 1.24. The Morgan fingerprint density at radius 3 is 2.56 bits per heavy atom. The van der Waals surface area contributed by atoms with Gasteiger partial charge in [0, 0.05) is 24.7 Å². The zero-order chi connectivity index (χ0) is 17.3. The highest BCUT2D eigenvalue weighted by molar-refractivity contribution is 6.30. The molecule has 5 heteroatoms. The van der Waals surface area contributed by atoms with Crippen LogP contribution in [0.3, 0.4) is 0 Å². The van der Waals surface area contributed by atoms with Gasteiger partial charge >= 0.3 is 0 Å². The second-order valence-corrected chi connectivity index (χ2v) is 7.62. The molecule has 25 heavy (non-hydrogen) atoms. The van der Waals surface area contributed by atoms with Crippen molar-refractivity contribution in [2.75, 3.05) is 59.1 Å². The smallest absolute Gasteiger partial charge is 0.120 e. The van der Waals surface area contributed by atoms with E-state index in [-0.39, 0.29) is 0 Å². The number of ether oxygens (including phenoxy) is 2. The normalized spacial score (nSPS) is 20.7. The van der Waals surface area contributed by atoms with Gasteiger partial charge in [-0.15, -0.1) is 0 Å². The van der Waals surface area contributed by atoms with Crippen LogP contribution in [0.4, 0.5) is 0 Å². The van der Waals surface area contributed by atoms with E-state index < -0.39 is 0 Å². The highest BCUT2D eigenvalue weighted by Gasteiger charge is 2.20. The number of rotatable bonds is 8. The van der Waals surface area contributed by atoms with Crippen LogP contribution in [0.25, 0.3) is 0 Å². The van der Waals surface area contributed by atoms with Gasteiger partial charge in [0.25, 0.3) is 0 Å². The Morgan fingerprint density at radius 1 is 1.04 bits per heavy atom. The van der Waals surface area contributed by atoms with Crippen LogP contribution < -0.4 is 4.74 Å². The summed E-state index contributed by atoms with van der Waals surface area (Å²) in [6.45, 7) is 9.69. The molecule has 2 heterocycles. The van der Waals surface area contributed by atoms with Crippen molar-refractivity contribution in [3.05, 3.63) is 29.3 Å². The first kappa shape index (κ1) is 19.0. The Kier molecular flexibility index (Phi) is 7.86. The fraction of sp³-hybridized carbons (Fsp3) is 0.700. The third-order valence-electron chi connectivity index (χ3n) is 5.35. The van der Waals surface area contributed by atoms with Crippen molar-refractivity contribution in [2.24, 2.45) is 5.92 Å². The van der Waals surface area contributed by atoms with Gasteiger partial charge < -0.3 is 14.4 Å². The number of hydrogen-bond acceptors (Lipinski definition) is 4. The molecule has 0 bridgehead atoms. The van der Waals surface area contributed by atoms with E-state index in [1.165, 1.54) is 38.9 Å². The first-order valence-corrected chi connectivity index (χ1v) is 10.1. The molecule has 0 radical (unpaired) electrons. The molecule has 0 spiro atoms. The first-order chi connectivity index (χ1) is 12.3. The minimum atomic E-state index is 0.733. The summed E-state index contributed by atoms with van der Waals surface area (Å²) >= 11 is 5.97. The molecule has 3 rings (SSSR count). The lowest BCUT2D eigenvalue weighted by Crippen LogP contribution is -2.39. The molecule has 0 amide bonds. The maximum Gasteiger partial charge on any atom is 0.120 e. The topological polar surface area (TPSA) is 24.9 Å². The summed E-state index contributed by atoms with van der Waals surface area (Å²) in [5.41, 5.74) is 0. The molecule has 140 valence electrons. The van der Waals surface area contributed by atoms with Crippen molar-refractivity contribution >= 4 is 11.6 Å². The number of nitrogens with zero attached hydrogens (tertiary/aromatic N) is 2. The van der Waals surface area contributed by atoms with Crippen LogP contribution in [0.1, 0.15) is 25.7 Å². The lowest BCUT2D eigenvalue weighted by atomic mass is 9.93.